The maximum Gasteiger partial charge on any atom is 0.169 e. The van der Waals surface area contributed by atoms with Gasteiger partial charge < -0.3 is 20.3 Å². The van der Waals surface area contributed by atoms with E-state index in [9.17, 15) is 0 Å². The first-order valence-electron chi connectivity index (χ1n) is 11.3. The molecule has 0 spiro atoms. The molecule has 2 N–H and O–H groups in total. The molecule has 31 heavy (non-hydrogen) atoms. The van der Waals surface area contributed by atoms with Gasteiger partial charge in [0.2, 0.25) is 0 Å². The highest BCUT2D eigenvalue weighted by Crippen LogP contribution is 2.28. The number of hydrogen-bond donors (Lipinski definition) is 2. The van der Waals surface area contributed by atoms with E-state index in [-0.39, 0.29) is 11.1 Å². The largest absolute Gasteiger partial charge is 0.494 e. The third-order valence-corrected chi connectivity index (χ3v) is 6.01. The number of hydrogen-bond acceptors (Lipinski definition) is 3. The van der Waals surface area contributed by atoms with Crippen molar-refractivity contribution in [3.63, 3.8) is 0 Å². The van der Waals surface area contributed by atoms with Crippen LogP contribution in [0.25, 0.3) is 0 Å². The van der Waals surface area contributed by atoms with Crippen LogP contribution in [0.5, 0.6) is 5.75 Å². The van der Waals surface area contributed by atoms with E-state index in [0.29, 0.717) is 12.6 Å². The average Bonchev–Trinajstić information content (AvgIpc) is 2.67. The smallest absolute Gasteiger partial charge is 0.169 e. The van der Waals surface area contributed by atoms with Gasteiger partial charge in [-0.05, 0) is 82.9 Å². The summed E-state index contributed by atoms with van der Waals surface area (Å²) in [4.78, 5) is 2.27. The summed E-state index contributed by atoms with van der Waals surface area (Å²) in [6, 6.07) is 19.2. The molecule has 0 atom stereocenters. The number of ether oxygens (including phenoxy) is 1. The molecule has 1 heterocycles. The summed E-state index contributed by atoms with van der Waals surface area (Å²) in [7, 11) is 0. The molecule has 4 nitrogen and oxygen atoms in total. The van der Waals surface area contributed by atoms with Gasteiger partial charge in [0.05, 0.1) is 6.61 Å². The van der Waals surface area contributed by atoms with Gasteiger partial charge in [0.15, 0.2) is 5.11 Å². The van der Waals surface area contributed by atoms with Crippen molar-refractivity contribution in [2.24, 2.45) is 0 Å². The van der Waals surface area contributed by atoms with Crippen molar-refractivity contribution < 1.29 is 4.74 Å². The average molecular weight is 440 g/mol. The molecule has 1 aliphatic rings. The van der Waals surface area contributed by atoms with Crippen molar-refractivity contribution in [3.8, 4) is 5.75 Å². The third-order valence-electron chi connectivity index (χ3n) is 5.63. The van der Waals surface area contributed by atoms with Crippen molar-refractivity contribution in [1.29, 1.82) is 0 Å². The number of rotatable bonds is 7. The Morgan fingerprint density at radius 2 is 1.52 bits per heavy atom. The molecular weight excluding hydrogens is 402 g/mol. The Hall–Kier alpha value is -2.11. The molecule has 2 aromatic rings. The van der Waals surface area contributed by atoms with Crippen molar-refractivity contribution in [1.82, 2.24) is 15.5 Å². The maximum atomic E-state index is 5.94. The highest BCUT2D eigenvalue weighted by atomic mass is 32.1. The molecule has 2 aromatic carbocycles. The number of piperidine rings is 1. The summed E-state index contributed by atoms with van der Waals surface area (Å²) in [5.41, 5.74) is 2.63. The van der Waals surface area contributed by atoms with Crippen molar-refractivity contribution in [3.05, 3.63) is 65.7 Å². The van der Waals surface area contributed by atoms with E-state index in [1.807, 2.05) is 19.1 Å². The standard InChI is InChI=1S/C26H37N3OS/c1-6-30-23-14-12-21(13-15-23)19-29(18-20-10-8-7-9-11-20)24(31)27-22-16-25(2,3)28-26(4,5)17-22/h7-15,22,28H,6,16-19H2,1-5H3,(H,27,31). The first kappa shape index (κ1) is 23.6. The van der Waals surface area contributed by atoms with Crippen LogP contribution in [0.3, 0.4) is 0 Å². The molecule has 0 aliphatic carbocycles. The van der Waals surface area contributed by atoms with Crippen LogP contribution in [0.4, 0.5) is 0 Å². The second-order valence-corrected chi connectivity index (χ2v) is 10.3. The van der Waals surface area contributed by atoms with Crippen molar-refractivity contribution >= 4 is 17.3 Å². The second-order valence-electron chi connectivity index (χ2n) is 9.87. The quantitative estimate of drug-likeness (QED) is 0.575. The zero-order chi connectivity index (χ0) is 22.5. The lowest BCUT2D eigenvalue weighted by Gasteiger charge is -2.47. The predicted molar refractivity (Wildman–Crippen MR) is 133 cm³/mol. The molecule has 0 unspecified atom stereocenters. The molecular formula is C26H37N3OS. The van der Waals surface area contributed by atoms with Crippen LogP contribution in [0.1, 0.15) is 58.6 Å². The van der Waals surface area contributed by atoms with Crippen LogP contribution in [0.15, 0.2) is 54.6 Å². The van der Waals surface area contributed by atoms with Gasteiger partial charge in [0.25, 0.3) is 0 Å². The maximum absolute atomic E-state index is 5.94. The van der Waals surface area contributed by atoms with Gasteiger partial charge in [-0.15, -0.1) is 0 Å². The number of thiocarbonyl (C=S) groups is 1. The highest BCUT2D eigenvalue weighted by molar-refractivity contribution is 7.80. The fourth-order valence-corrected chi connectivity index (χ4v) is 5.07. The fourth-order valence-electron chi connectivity index (χ4n) is 4.77. The zero-order valence-electron chi connectivity index (χ0n) is 19.6. The van der Waals surface area contributed by atoms with Crippen molar-refractivity contribution in [2.75, 3.05) is 6.61 Å². The number of benzene rings is 2. The monoisotopic (exact) mass is 439 g/mol. The molecule has 0 aromatic heterocycles. The zero-order valence-corrected chi connectivity index (χ0v) is 20.4. The lowest BCUT2D eigenvalue weighted by Crippen LogP contribution is -2.62. The van der Waals surface area contributed by atoms with Crippen LogP contribution >= 0.6 is 12.2 Å². The van der Waals surface area contributed by atoms with Gasteiger partial charge in [0.1, 0.15) is 5.75 Å². The molecule has 5 heteroatoms. The van der Waals surface area contributed by atoms with Crippen LogP contribution in [0, 0.1) is 0 Å². The molecule has 0 bridgehead atoms. The Labute approximate surface area is 193 Å². The predicted octanol–water partition coefficient (Wildman–Crippen LogP) is 5.27. The molecule has 0 radical (unpaired) electrons. The van der Waals surface area contributed by atoms with E-state index in [4.69, 9.17) is 17.0 Å². The minimum atomic E-state index is 0.0778. The lowest BCUT2D eigenvalue weighted by atomic mass is 9.80. The van der Waals surface area contributed by atoms with Gasteiger partial charge in [-0.1, -0.05) is 42.5 Å². The Morgan fingerprint density at radius 1 is 0.968 bits per heavy atom. The summed E-state index contributed by atoms with van der Waals surface area (Å²) < 4.78 is 5.59. The van der Waals surface area contributed by atoms with Gasteiger partial charge in [-0.2, -0.15) is 0 Å². The summed E-state index contributed by atoms with van der Waals surface area (Å²) in [6.45, 7) is 13.3. The van der Waals surface area contributed by atoms with Gasteiger partial charge in [0, 0.05) is 30.2 Å². The van der Waals surface area contributed by atoms with Gasteiger partial charge in [-0.3, -0.25) is 0 Å². The van der Waals surface area contributed by atoms with Gasteiger partial charge in [-0.25, -0.2) is 0 Å². The third kappa shape index (κ3) is 7.22. The fraction of sp³-hybridized carbons (Fsp3) is 0.500. The van der Waals surface area contributed by atoms with E-state index in [1.165, 1.54) is 11.1 Å². The minimum absolute atomic E-state index is 0.0778. The van der Waals surface area contributed by atoms with Crippen LogP contribution in [-0.4, -0.2) is 33.7 Å². The first-order chi connectivity index (χ1) is 14.7. The number of nitrogens with zero attached hydrogens (tertiary/aromatic N) is 1. The van der Waals surface area contributed by atoms with E-state index in [1.54, 1.807) is 0 Å². The summed E-state index contributed by atoms with van der Waals surface area (Å²) >= 11 is 5.94. The SMILES string of the molecule is CCOc1ccc(CN(Cc2ccccc2)C(=S)NC2CC(C)(C)NC(C)(C)C2)cc1. The summed E-state index contributed by atoms with van der Waals surface area (Å²) in [5.74, 6) is 0.903. The topological polar surface area (TPSA) is 36.5 Å². The van der Waals surface area contributed by atoms with Crippen molar-refractivity contribution in [2.45, 2.75) is 77.7 Å². The molecule has 0 saturated carbocycles. The molecule has 0 amide bonds. The molecule has 168 valence electrons. The summed E-state index contributed by atoms with van der Waals surface area (Å²) in [5, 5.41) is 8.26. The Bertz CT molecular complexity index is 833. The van der Waals surface area contributed by atoms with Gasteiger partial charge >= 0.3 is 0 Å². The lowest BCUT2D eigenvalue weighted by molar-refractivity contribution is 0.153. The Kier molecular flexibility index (Phi) is 7.60. The van der Waals surface area contributed by atoms with E-state index in [0.717, 1.165) is 36.8 Å². The van der Waals surface area contributed by atoms with Crippen LogP contribution in [-0.2, 0) is 13.1 Å². The van der Waals surface area contributed by atoms with E-state index in [2.05, 4.69) is 85.7 Å². The molecule has 1 saturated heterocycles. The summed E-state index contributed by atoms with van der Waals surface area (Å²) in [6.07, 6.45) is 2.08. The van der Waals surface area contributed by atoms with Crippen LogP contribution < -0.4 is 15.4 Å². The van der Waals surface area contributed by atoms with E-state index < -0.39 is 0 Å². The molecule has 1 fully saturated rings. The highest BCUT2D eigenvalue weighted by Gasteiger charge is 2.38. The van der Waals surface area contributed by atoms with E-state index >= 15 is 0 Å². The van der Waals surface area contributed by atoms with Crippen LogP contribution in [0.2, 0.25) is 0 Å². The Balaban J connectivity index is 1.74. The first-order valence-corrected chi connectivity index (χ1v) is 11.7. The Morgan fingerprint density at radius 3 is 2.06 bits per heavy atom. The molecule has 1 aliphatic heterocycles. The number of nitrogens with one attached hydrogen (secondary N) is 2. The second kappa shape index (κ2) is 10.0. The normalized spacial score (nSPS) is 17.7. The molecule has 3 rings (SSSR count). The minimum Gasteiger partial charge on any atom is -0.494 e.